The lowest BCUT2D eigenvalue weighted by Gasteiger charge is -2.16. The molecule has 0 bridgehead atoms. The van der Waals surface area contributed by atoms with Gasteiger partial charge < -0.3 is 5.32 Å². The Morgan fingerprint density at radius 3 is 2.62 bits per heavy atom. The average Bonchev–Trinajstić information content (AvgIpc) is 3.15. The summed E-state index contributed by atoms with van der Waals surface area (Å²) in [5.74, 6) is 0.343. The van der Waals surface area contributed by atoms with E-state index in [9.17, 15) is 4.79 Å². The van der Waals surface area contributed by atoms with Gasteiger partial charge >= 0.3 is 0 Å². The van der Waals surface area contributed by atoms with Crippen molar-refractivity contribution in [3.05, 3.63) is 70.8 Å². The van der Waals surface area contributed by atoms with Crippen molar-refractivity contribution < 1.29 is 4.79 Å². The first-order chi connectivity index (χ1) is 11.7. The maximum absolute atomic E-state index is 12.4. The van der Waals surface area contributed by atoms with Crippen molar-refractivity contribution in [2.75, 3.05) is 11.9 Å². The van der Waals surface area contributed by atoms with Gasteiger partial charge in [0.05, 0.1) is 17.1 Å². The van der Waals surface area contributed by atoms with E-state index < -0.39 is 0 Å². The summed E-state index contributed by atoms with van der Waals surface area (Å²) in [7, 11) is 0. The number of fused-ring (bicyclic) bond motifs is 1. The molecule has 120 valence electrons. The maximum Gasteiger partial charge on any atom is 0.232 e. The number of carbonyl (C=O) groups excluding carboxylic acids is 1. The Bertz CT molecular complexity index is 818. The number of likely N-dealkylation sites (tertiary alicyclic amines) is 1. The van der Waals surface area contributed by atoms with Crippen LogP contribution in [-0.4, -0.2) is 23.2 Å². The molecule has 5 heteroatoms. The zero-order valence-corrected chi connectivity index (χ0v) is 13.9. The standard InChI is InChI=1S/C19H17N3OS/c20-18-14(19-21-15-8-4-5-9-16(15)24-19)12-17(23)22(18)11-10-13-6-2-1-3-7-13/h1-9,20-21H,10-12H2. The second-order valence-corrected chi connectivity index (χ2v) is 6.89. The van der Waals surface area contributed by atoms with Crippen molar-refractivity contribution >= 4 is 29.2 Å². The van der Waals surface area contributed by atoms with Gasteiger partial charge in [0.1, 0.15) is 5.84 Å². The second-order valence-electron chi connectivity index (χ2n) is 5.84. The van der Waals surface area contributed by atoms with Gasteiger partial charge in [0.2, 0.25) is 5.91 Å². The van der Waals surface area contributed by atoms with Crippen LogP contribution in [0.3, 0.4) is 0 Å². The molecule has 24 heavy (non-hydrogen) atoms. The number of nitrogens with one attached hydrogen (secondary N) is 2. The lowest BCUT2D eigenvalue weighted by Crippen LogP contribution is -2.31. The molecule has 4 rings (SSSR count). The number of hydrogen-bond donors (Lipinski definition) is 2. The van der Waals surface area contributed by atoms with Crippen LogP contribution in [0.2, 0.25) is 0 Å². The first kappa shape index (κ1) is 15.0. The topological polar surface area (TPSA) is 56.2 Å². The SMILES string of the molecule is N=C1C(=C2Nc3ccccc3S2)CC(=O)N1CCc1ccccc1. The minimum absolute atomic E-state index is 0.0109. The monoisotopic (exact) mass is 335 g/mol. The van der Waals surface area contributed by atoms with Crippen LogP contribution in [0.25, 0.3) is 0 Å². The molecule has 2 aromatic carbocycles. The van der Waals surface area contributed by atoms with Gasteiger partial charge in [-0.3, -0.25) is 15.1 Å². The highest BCUT2D eigenvalue weighted by Gasteiger charge is 2.34. The number of rotatable bonds is 3. The molecule has 0 aromatic heterocycles. The van der Waals surface area contributed by atoms with E-state index in [4.69, 9.17) is 5.41 Å². The first-order valence-corrected chi connectivity index (χ1v) is 8.74. The van der Waals surface area contributed by atoms with Crippen LogP contribution in [0.15, 0.2) is 70.1 Å². The molecule has 2 heterocycles. The molecule has 0 radical (unpaired) electrons. The van der Waals surface area contributed by atoms with Gasteiger partial charge in [-0.05, 0) is 24.1 Å². The predicted molar refractivity (Wildman–Crippen MR) is 97.2 cm³/mol. The van der Waals surface area contributed by atoms with E-state index in [1.807, 2.05) is 42.5 Å². The fourth-order valence-corrected chi connectivity index (χ4v) is 4.03. The van der Waals surface area contributed by atoms with Crippen LogP contribution in [0, 0.1) is 5.41 Å². The van der Waals surface area contributed by atoms with E-state index in [-0.39, 0.29) is 5.91 Å². The lowest BCUT2D eigenvalue weighted by molar-refractivity contribution is -0.125. The molecule has 0 atom stereocenters. The van der Waals surface area contributed by atoms with E-state index in [0.29, 0.717) is 18.8 Å². The van der Waals surface area contributed by atoms with Crippen molar-refractivity contribution in [3.8, 4) is 0 Å². The number of anilines is 1. The number of amides is 1. The van der Waals surface area contributed by atoms with Gasteiger partial charge in [-0.15, -0.1) is 0 Å². The molecule has 2 aromatic rings. The number of thioether (sulfide) groups is 1. The van der Waals surface area contributed by atoms with Gasteiger partial charge in [-0.1, -0.05) is 54.2 Å². The highest BCUT2D eigenvalue weighted by molar-refractivity contribution is 8.03. The van der Waals surface area contributed by atoms with E-state index in [0.717, 1.165) is 27.6 Å². The number of hydrogen-bond acceptors (Lipinski definition) is 4. The molecule has 0 saturated carbocycles. The molecule has 4 nitrogen and oxygen atoms in total. The highest BCUT2D eigenvalue weighted by atomic mass is 32.2. The van der Waals surface area contributed by atoms with Crippen molar-refractivity contribution in [2.24, 2.45) is 0 Å². The third kappa shape index (κ3) is 2.71. The Morgan fingerprint density at radius 1 is 1.08 bits per heavy atom. The number of nitrogens with zero attached hydrogens (tertiary/aromatic N) is 1. The summed E-state index contributed by atoms with van der Waals surface area (Å²) < 4.78 is 0. The summed E-state index contributed by atoms with van der Waals surface area (Å²) in [6.45, 7) is 0.552. The number of para-hydroxylation sites is 1. The molecule has 2 aliphatic heterocycles. The molecular formula is C19H17N3OS. The summed E-state index contributed by atoms with van der Waals surface area (Å²) in [4.78, 5) is 15.1. The molecule has 0 unspecified atom stereocenters. The molecule has 0 aliphatic carbocycles. The van der Waals surface area contributed by atoms with Crippen molar-refractivity contribution in [3.63, 3.8) is 0 Å². The minimum atomic E-state index is 0.0109. The fourth-order valence-electron chi connectivity index (χ4n) is 2.98. The van der Waals surface area contributed by atoms with Gasteiger partial charge in [0, 0.05) is 17.0 Å². The number of carbonyl (C=O) groups is 1. The number of amidine groups is 1. The summed E-state index contributed by atoms with van der Waals surface area (Å²) >= 11 is 1.60. The molecule has 0 spiro atoms. The van der Waals surface area contributed by atoms with E-state index in [2.05, 4.69) is 17.4 Å². The maximum atomic E-state index is 12.4. The van der Waals surface area contributed by atoms with Crippen LogP contribution in [0.4, 0.5) is 5.69 Å². The normalized spacial score (nSPS) is 19.6. The first-order valence-electron chi connectivity index (χ1n) is 7.92. The molecule has 2 N–H and O–H groups in total. The third-order valence-electron chi connectivity index (χ3n) is 4.27. The Morgan fingerprint density at radius 2 is 1.83 bits per heavy atom. The van der Waals surface area contributed by atoms with Crippen molar-refractivity contribution in [2.45, 2.75) is 17.7 Å². The van der Waals surface area contributed by atoms with E-state index >= 15 is 0 Å². The largest absolute Gasteiger partial charge is 0.349 e. The average molecular weight is 335 g/mol. The van der Waals surface area contributed by atoms with Crippen molar-refractivity contribution in [1.82, 2.24) is 4.90 Å². The Labute approximate surface area is 145 Å². The predicted octanol–water partition coefficient (Wildman–Crippen LogP) is 3.87. The summed E-state index contributed by atoms with van der Waals surface area (Å²) in [6.07, 6.45) is 1.06. The van der Waals surface area contributed by atoms with Crippen LogP contribution in [-0.2, 0) is 11.2 Å². The Balaban J connectivity index is 1.51. The van der Waals surface area contributed by atoms with Crippen LogP contribution < -0.4 is 5.32 Å². The molecule has 1 saturated heterocycles. The molecule has 1 fully saturated rings. The van der Waals surface area contributed by atoms with Gasteiger partial charge in [0.25, 0.3) is 0 Å². The van der Waals surface area contributed by atoms with E-state index in [1.54, 1.807) is 16.7 Å². The van der Waals surface area contributed by atoms with Crippen LogP contribution in [0.5, 0.6) is 0 Å². The van der Waals surface area contributed by atoms with Gasteiger partial charge in [-0.25, -0.2) is 0 Å². The molecule has 2 aliphatic rings. The van der Waals surface area contributed by atoms with E-state index in [1.165, 1.54) is 5.56 Å². The molecular weight excluding hydrogens is 318 g/mol. The van der Waals surface area contributed by atoms with Crippen LogP contribution in [0.1, 0.15) is 12.0 Å². The fraction of sp³-hybridized carbons (Fsp3) is 0.158. The summed E-state index contributed by atoms with van der Waals surface area (Å²) in [6, 6.07) is 18.1. The van der Waals surface area contributed by atoms with Gasteiger partial charge in [-0.2, -0.15) is 0 Å². The minimum Gasteiger partial charge on any atom is -0.349 e. The molecule has 1 amide bonds. The zero-order valence-electron chi connectivity index (χ0n) is 13.1. The Hall–Kier alpha value is -2.53. The quantitative estimate of drug-likeness (QED) is 0.895. The second kappa shape index (κ2) is 6.17. The smallest absolute Gasteiger partial charge is 0.232 e. The Kier molecular flexibility index (Phi) is 3.86. The summed E-state index contributed by atoms with van der Waals surface area (Å²) in [5, 5.41) is 12.7. The van der Waals surface area contributed by atoms with Crippen LogP contribution >= 0.6 is 11.8 Å². The zero-order chi connectivity index (χ0) is 16.5. The van der Waals surface area contributed by atoms with Gasteiger partial charge in [0.15, 0.2) is 0 Å². The highest BCUT2D eigenvalue weighted by Crippen LogP contribution is 2.43. The lowest BCUT2D eigenvalue weighted by atomic mass is 10.1. The van der Waals surface area contributed by atoms with Crippen molar-refractivity contribution in [1.29, 1.82) is 5.41 Å². The third-order valence-corrected chi connectivity index (χ3v) is 5.40. The summed E-state index contributed by atoms with van der Waals surface area (Å²) in [5.41, 5.74) is 3.03. The number of benzene rings is 2.